The lowest BCUT2D eigenvalue weighted by Crippen LogP contribution is -2.19. The van der Waals surface area contributed by atoms with Crippen LogP contribution in [0.3, 0.4) is 0 Å². The van der Waals surface area contributed by atoms with Crippen LogP contribution in [0.2, 0.25) is 0 Å². The zero-order valence-corrected chi connectivity index (χ0v) is 25.2. The molecular formula is C42H30N4. The Labute approximate surface area is 267 Å². The third kappa shape index (κ3) is 4.70. The highest BCUT2D eigenvalue weighted by Crippen LogP contribution is 2.39. The van der Waals surface area contributed by atoms with Crippen LogP contribution < -0.4 is 0 Å². The topological polar surface area (TPSA) is 51.0 Å². The van der Waals surface area contributed by atoms with Crippen molar-refractivity contribution in [1.29, 1.82) is 0 Å². The molecule has 4 nitrogen and oxygen atoms in total. The van der Waals surface area contributed by atoms with E-state index in [2.05, 4.69) is 140 Å². The average Bonchev–Trinajstić information content (AvgIpc) is 3.14. The summed E-state index contributed by atoms with van der Waals surface area (Å²) in [7, 11) is 0. The predicted molar refractivity (Wildman–Crippen MR) is 189 cm³/mol. The number of pyridine rings is 3. The molecule has 4 heterocycles. The third-order valence-corrected chi connectivity index (χ3v) is 9.19. The monoisotopic (exact) mass is 590 g/mol. The van der Waals surface area contributed by atoms with Crippen LogP contribution in [0.5, 0.6) is 0 Å². The first-order valence-electron chi connectivity index (χ1n) is 16.0. The van der Waals surface area contributed by atoms with Gasteiger partial charge in [0.2, 0.25) is 0 Å². The molecule has 0 radical (unpaired) electrons. The molecule has 4 heteroatoms. The van der Waals surface area contributed by atoms with Crippen LogP contribution in [0.25, 0.3) is 56.0 Å². The molecule has 2 atom stereocenters. The van der Waals surface area contributed by atoms with E-state index in [9.17, 15) is 0 Å². The molecule has 9 rings (SSSR count). The molecule has 3 aromatic heterocycles. The number of rotatable bonds is 4. The van der Waals surface area contributed by atoms with Crippen LogP contribution in [0.1, 0.15) is 41.4 Å². The lowest BCUT2D eigenvalue weighted by atomic mass is 9.85. The quantitative estimate of drug-likeness (QED) is 0.192. The summed E-state index contributed by atoms with van der Waals surface area (Å²) >= 11 is 0. The smallest absolute Gasteiger partial charge is 0.103 e. The maximum Gasteiger partial charge on any atom is 0.103 e. The normalized spacial score (nSPS) is 18.3. The summed E-state index contributed by atoms with van der Waals surface area (Å²) in [5.41, 5.74) is 12.3. The van der Waals surface area contributed by atoms with Crippen LogP contribution in [-0.4, -0.2) is 20.7 Å². The van der Waals surface area contributed by atoms with Crippen molar-refractivity contribution in [2.45, 2.75) is 18.9 Å². The van der Waals surface area contributed by atoms with Crippen LogP contribution in [0.15, 0.2) is 145 Å². The van der Waals surface area contributed by atoms with E-state index in [1.807, 2.05) is 6.07 Å². The summed E-state index contributed by atoms with van der Waals surface area (Å²) in [6.07, 6.45) is 17.6. The number of aliphatic imine (C=N–C) groups is 1. The minimum absolute atomic E-state index is 0.0631. The highest BCUT2D eigenvalue weighted by molar-refractivity contribution is 6.10. The van der Waals surface area contributed by atoms with E-state index in [0.29, 0.717) is 0 Å². The fraction of sp³-hybridized carbons (Fsp3) is 0.0952. The van der Waals surface area contributed by atoms with Crippen LogP contribution in [0, 0.1) is 5.92 Å². The summed E-state index contributed by atoms with van der Waals surface area (Å²) < 4.78 is 0. The molecule has 0 amide bonds. The molecule has 0 saturated carbocycles. The Hall–Kier alpha value is -5.74. The van der Waals surface area contributed by atoms with Gasteiger partial charge in [-0.2, -0.15) is 0 Å². The molecule has 218 valence electrons. The number of dihydropyridines is 1. The largest absolute Gasteiger partial charge is 0.274 e. The average molecular weight is 591 g/mol. The van der Waals surface area contributed by atoms with Crippen molar-refractivity contribution in [2.24, 2.45) is 10.9 Å². The second-order valence-electron chi connectivity index (χ2n) is 12.1. The third-order valence-electron chi connectivity index (χ3n) is 9.19. The SMILES string of the molecule is C1=CC(c2ccc3ccc4ccc(-c5cccc(C6=NC7c8nc(-c9ccccc9)ccc8C=CC7C=C6)c5)nc4c3n2)=CCC1. The summed E-state index contributed by atoms with van der Waals surface area (Å²) in [4.78, 5) is 20.8. The first kappa shape index (κ1) is 26.6. The molecule has 3 aliphatic rings. The molecule has 0 bridgehead atoms. The fourth-order valence-electron chi connectivity index (χ4n) is 6.75. The Morgan fingerprint density at radius 2 is 1.24 bits per heavy atom. The van der Waals surface area contributed by atoms with E-state index < -0.39 is 0 Å². The Bertz CT molecular complexity index is 2320. The molecule has 3 aromatic carbocycles. The molecule has 0 saturated heterocycles. The number of allylic oxidation sites excluding steroid dienone is 5. The van der Waals surface area contributed by atoms with Crippen molar-refractivity contribution in [3.8, 4) is 22.5 Å². The van der Waals surface area contributed by atoms with Crippen molar-refractivity contribution in [3.05, 3.63) is 162 Å². The molecule has 1 aliphatic heterocycles. The second-order valence-corrected chi connectivity index (χ2v) is 12.1. The number of hydrogen-bond donors (Lipinski definition) is 0. The summed E-state index contributed by atoms with van der Waals surface area (Å²) in [6.45, 7) is 0. The predicted octanol–water partition coefficient (Wildman–Crippen LogP) is 9.99. The Morgan fingerprint density at radius 3 is 2.07 bits per heavy atom. The van der Waals surface area contributed by atoms with Gasteiger partial charge in [-0.15, -0.1) is 0 Å². The molecule has 6 aromatic rings. The van der Waals surface area contributed by atoms with Gasteiger partial charge in [-0.05, 0) is 54.3 Å². The maximum absolute atomic E-state index is 5.30. The van der Waals surface area contributed by atoms with E-state index in [0.717, 1.165) is 85.4 Å². The molecule has 2 unspecified atom stereocenters. The van der Waals surface area contributed by atoms with Crippen LogP contribution >= 0.6 is 0 Å². The fourth-order valence-corrected chi connectivity index (χ4v) is 6.75. The van der Waals surface area contributed by atoms with Gasteiger partial charge in [0, 0.05) is 33.4 Å². The Kier molecular flexibility index (Phi) is 6.38. The van der Waals surface area contributed by atoms with Crippen molar-refractivity contribution >= 4 is 39.2 Å². The number of hydrogen-bond acceptors (Lipinski definition) is 4. The summed E-state index contributed by atoms with van der Waals surface area (Å²) in [6, 6.07) is 35.9. The van der Waals surface area contributed by atoms with Crippen molar-refractivity contribution in [3.63, 3.8) is 0 Å². The van der Waals surface area contributed by atoms with Crippen LogP contribution in [0.4, 0.5) is 0 Å². The van der Waals surface area contributed by atoms with Gasteiger partial charge in [-0.3, -0.25) is 4.99 Å². The van der Waals surface area contributed by atoms with E-state index in [1.165, 1.54) is 5.57 Å². The highest BCUT2D eigenvalue weighted by atomic mass is 14.9. The van der Waals surface area contributed by atoms with Gasteiger partial charge in [0.1, 0.15) is 6.04 Å². The first-order chi connectivity index (χ1) is 22.8. The molecular weight excluding hydrogens is 560 g/mol. The van der Waals surface area contributed by atoms with Crippen molar-refractivity contribution in [2.75, 3.05) is 0 Å². The van der Waals surface area contributed by atoms with Gasteiger partial charge in [-0.25, -0.2) is 15.0 Å². The highest BCUT2D eigenvalue weighted by Gasteiger charge is 2.29. The number of fused-ring (bicyclic) bond motifs is 6. The lowest BCUT2D eigenvalue weighted by Gasteiger charge is -2.28. The molecule has 0 spiro atoms. The van der Waals surface area contributed by atoms with E-state index in [4.69, 9.17) is 19.9 Å². The van der Waals surface area contributed by atoms with Crippen molar-refractivity contribution < 1.29 is 0 Å². The molecule has 2 aliphatic carbocycles. The number of benzene rings is 3. The molecule has 0 N–H and O–H groups in total. The standard InChI is InChI=1S/C42H30N4/c1-3-8-27(9-4-1)35-22-18-29-14-16-31-20-24-37(45-41(31)39(29)43-35)33-12-7-13-34(26-33)38-25-21-32-17-15-30-19-23-36(28-10-5-2-6-11-28)44-40(30)42(32)46-38/h1,3-5,7-26,31,41H,2,6H2. The van der Waals surface area contributed by atoms with Gasteiger partial charge in [0.25, 0.3) is 0 Å². The lowest BCUT2D eigenvalue weighted by molar-refractivity contribution is 0.592. The number of aromatic nitrogens is 3. The second kappa shape index (κ2) is 11.0. The van der Waals surface area contributed by atoms with Crippen LogP contribution in [-0.2, 0) is 0 Å². The van der Waals surface area contributed by atoms with Gasteiger partial charge in [-0.1, -0.05) is 115 Å². The van der Waals surface area contributed by atoms with Gasteiger partial charge < -0.3 is 0 Å². The van der Waals surface area contributed by atoms with E-state index in [-0.39, 0.29) is 12.0 Å². The maximum atomic E-state index is 5.30. The summed E-state index contributed by atoms with van der Waals surface area (Å²) in [5.74, 6) is 0.186. The summed E-state index contributed by atoms with van der Waals surface area (Å²) in [5, 5.41) is 2.18. The number of nitrogens with zero attached hydrogens (tertiary/aromatic N) is 4. The zero-order chi connectivity index (χ0) is 30.5. The minimum atomic E-state index is -0.0631. The van der Waals surface area contributed by atoms with Crippen molar-refractivity contribution in [1.82, 2.24) is 15.0 Å². The van der Waals surface area contributed by atoms with E-state index in [1.54, 1.807) is 0 Å². The Morgan fingerprint density at radius 1 is 0.543 bits per heavy atom. The minimum Gasteiger partial charge on any atom is -0.274 e. The van der Waals surface area contributed by atoms with E-state index >= 15 is 0 Å². The molecule has 46 heavy (non-hydrogen) atoms. The molecule has 0 fully saturated rings. The Balaban J connectivity index is 1.09. The van der Waals surface area contributed by atoms with Gasteiger partial charge in [0.05, 0.1) is 39.5 Å². The zero-order valence-electron chi connectivity index (χ0n) is 25.2. The van der Waals surface area contributed by atoms with Gasteiger partial charge in [0.15, 0.2) is 0 Å². The first-order valence-corrected chi connectivity index (χ1v) is 16.0. The van der Waals surface area contributed by atoms with Gasteiger partial charge >= 0.3 is 0 Å².